The van der Waals surface area contributed by atoms with Crippen LogP contribution >= 0.6 is 0 Å². The van der Waals surface area contributed by atoms with Crippen molar-refractivity contribution in [3.63, 3.8) is 0 Å². The fraction of sp³-hybridized carbons (Fsp3) is 0.389. The quantitative estimate of drug-likeness (QED) is 0.889. The van der Waals surface area contributed by atoms with E-state index in [2.05, 4.69) is 5.10 Å². The molecule has 2 aromatic rings. The van der Waals surface area contributed by atoms with Crippen molar-refractivity contribution in [3.05, 3.63) is 53.9 Å². The van der Waals surface area contributed by atoms with Gasteiger partial charge in [-0.1, -0.05) is 30.3 Å². The number of carbonyl (C=O) groups is 2. The van der Waals surface area contributed by atoms with Gasteiger partial charge in [0, 0.05) is 32.4 Å². The minimum Gasteiger partial charge on any atom is -0.389 e. The summed E-state index contributed by atoms with van der Waals surface area (Å²) in [6.45, 7) is 3.19. The number of aromatic nitrogens is 2. The van der Waals surface area contributed by atoms with Gasteiger partial charge in [-0.15, -0.1) is 0 Å². The third-order valence-electron chi connectivity index (χ3n) is 4.28. The average molecular weight is 342 g/mol. The minimum absolute atomic E-state index is 0.0440. The zero-order valence-electron chi connectivity index (χ0n) is 14.2. The van der Waals surface area contributed by atoms with Crippen LogP contribution in [-0.4, -0.2) is 62.2 Å². The number of aliphatic hydroxyl groups is 1. The summed E-state index contributed by atoms with van der Waals surface area (Å²) in [5, 5.41) is 14.4. The maximum atomic E-state index is 12.7. The second kappa shape index (κ2) is 7.48. The van der Waals surface area contributed by atoms with Gasteiger partial charge in [-0.25, -0.2) is 0 Å². The van der Waals surface area contributed by atoms with Gasteiger partial charge in [0.05, 0.1) is 6.10 Å². The molecule has 3 rings (SSSR count). The number of benzene rings is 1. The Labute approximate surface area is 146 Å². The summed E-state index contributed by atoms with van der Waals surface area (Å²) in [5.41, 5.74) is 1.42. The van der Waals surface area contributed by atoms with Gasteiger partial charge >= 0.3 is 0 Å². The number of nitrogens with zero attached hydrogens (tertiary/aromatic N) is 4. The molecule has 1 aromatic heterocycles. The van der Waals surface area contributed by atoms with Crippen LogP contribution in [-0.2, 0) is 17.9 Å². The third kappa shape index (κ3) is 3.88. The van der Waals surface area contributed by atoms with Gasteiger partial charge in [-0.2, -0.15) is 5.10 Å². The van der Waals surface area contributed by atoms with Crippen LogP contribution in [0.1, 0.15) is 23.0 Å². The lowest BCUT2D eigenvalue weighted by Gasteiger charge is -2.22. The molecule has 7 heteroatoms. The molecule has 1 aromatic carbocycles. The molecule has 0 spiro atoms. The fourth-order valence-electron chi connectivity index (χ4n) is 3.04. The normalized spacial score (nSPS) is 18.3. The molecule has 1 aliphatic heterocycles. The lowest BCUT2D eigenvalue weighted by Crippen LogP contribution is -2.40. The summed E-state index contributed by atoms with van der Waals surface area (Å²) in [6.07, 6.45) is 0.784. The Morgan fingerprint density at radius 2 is 2.00 bits per heavy atom. The maximum absolute atomic E-state index is 12.7. The first kappa shape index (κ1) is 17.2. The van der Waals surface area contributed by atoms with Crippen LogP contribution in [0.3, 0.4) is 0 Å². The zero-order chi connectivity index (χ0) is 17.8. The number of rotatable bonds is 4. The molecular formula is C18H22N4O3. The molecule has 2 heterocycles. The van der Waals surface area contributed by atoms with Crippen LogP contribution in [0.2, 0.25) is 0 Å². The van der Waals surface area contributed by atoms with E-state index >= 15 is 0 Å². The van der Waals surface area contributed by atoms with Gasteiger partial charge < -0.3 is 14.9 Å². The molecule has 25 heavy (non-hydrogen) atoms. The highest BCUT2D eigenvalue weighted by molar-refractivity contribution is 5.95. The number of amides is 2. The summed E-state index contributed by atoms with van der Waals surface area (Å²) >= 11 is 0. The molecule has 0 radical (unpaired) electrons. The van der Waals surface area contributed by atoms with E-state index in [0.717, 1.165) is 5.56 Å². The molecule has 1 unspecified atom stereocenters. The van der Waals surface area contributed by atoms with Crippen molar-refractivity contribution < 1.29 is 14.7 Å². The first-order valence-corrected chi connectivity index (χ1v) is 8.39. The first-order valence-electron chi connectivity index (χ1n) is 8.39. The van der Waals surface area contributed by atoms with E-state index in [-0.39, 0.29) is 31.4 Å². The minimum atomic E-state index is -0.780. The molecule has 0 saturated carbocycles. The van der Waals surface area contributed by atoms with Gasteiger partial charge in [0.25, 0.3) is 5.91 Å². The lowest BCUT2D eigenvalue weighted by atomic mass is 10.2. The van der Waals surface area contributed by atoms with Crippen molar-refractivity contribution in [1.29, 1.82) is 0 Å². The van der Waals surface area contributed by atoms with Crippen LogP contribution in [0.15, 0.2) is 42.6 Å². The number of hydrogen-bond acceptors (Lipinski definition) is 4. The van der Waals surface area contributed by atoms with Gasteiger partial charge in [0.1, 0.15) is 12.2 Å². The van der Waals surface area contributed by atoms with Crippen molar-refractivity contribution in [2.24, 2.45) is 0 Å². The largest absolute Gasteiger partial charge is 0.389 e. The standard InChI is InChI=1S/C18H22N4O3/c1-2-22-16(8-9-19-22)18(25)21-12-15(23)11-20(17(24)13-21)10-14-6-4-3-5-7-14/h3-9,15,23H,2,10-13H2,1H3. The van der Waals surface area contributed by atoms with E-state index < -0.39 is 6.10 Å². The Bertz CT molecular complexity index is 744. The summed E-state index contributed by atoms with van der Waals surface area (Å²) in [4.78, 5) is 28.3. The monoisotopic (exact) mass is 342 g/mol. The van der Waals surface area contributed by atoms with Crippen molar-refractivity contribution in [1.82, 2.24) is 19.6 Å². The molecule has 7 nitrogen and oxygen atoms in total. The highest BCUT2D eigenvalue weighted by atomic mass is 16.3. The molecule has 1 aliphatic rings. The first-order chi connectivity index (χ1) is 12.1. The Morgan fingerprint density at radius 3 is 2.72 bits per heavy atom. The topological polar surface area (TPSA) is 78.7 Å². The van der Waals surface area contributed by atoms with Crippen LogP contribution < -0.4 is 0 Å². The molecule has 2 amide bonds. The van der Waals surface area contributed by atoms with E-state index in [9.17, 15) is 14.7 Å². The highest BCUT2D eigenvalue weighted by Crippen LogP contribution is 2.13. The van der Waals surface area contributed by atoms with Gasteiger partial charge in [-0.05, 0) is 18.6 Å². The van der Waals surface area contributed by atoms with E-state index in [0.29, 0.717) is 18.8 Å². The number of carbonyl (C=O) groups excluding carboxylic acids is 2. The van der Waals surface area contributed by atoms with Crippen molar-refractivity contribution in [3.8, 4) is 0 Å². The molecule has 1 fully saturated rings. The molecule has 1 atom stereocenters. The fourth-order valence-corrected chi connectivity index (χ4v) is 3.04. The summed E-state index contributed by atoms with van der Waals surface area (Å²) in [6, 6.07) is 11.3. The molecule has 0 aliphatic carbocycles. The van der Waals surface area contributed by atoms with Crippen LogP contribution in [0.4, 0.5) is 0 Å². The lowest BCUT2D eigenvalue weighted by molar-refractivity contribution is -0.131. The summed E-state index contributed by atoms with van der Waals surface area (Å²) in [7, 11) is 0. The average Bonchev–Trinajstić information content (AvgIpc) is 3.04. The maximum Gasteiger partial charge on any atom is 0.272 e. The van der Waals surface area contributed by atoms with Crippen molar-refractivity contribution in [2.75, 3.05) is 19.6 Å². The Balaban J connectivity index is 1.75. The SMILES string of the molecule is CCn1nccc1C(=O)N1CC(=O)N(Cc2ccccc2)CC(O)C1. The Morgan fingerprint density at radius 1 is 1.24 bits per heavy atom. The van der Waals surface area contributed by atoms with E-state index in [1.54, 1.807) is 21.8 Å². The van der Waals surface area contributed by atoms with Crippen molar-refractivity contribution in [2.45, 2.75) is 26.1 Å². The number of aryl methyl sites for hydroxylation is 1. The van der Waals surface area contributed by atoms with Crippen molar-refractivity contribution >= 4 is 11.8 Å². The van der Waals surface area contributed by atoms with Gasteiger partial charge in [0.15, 0.2) is 0 Å². The van der Waals surface area contributed by atoms with E-state index in [1.807, 2.05) is 37.3 Å². The van der Waals surface area contributed by atoms with Gasteiger partial charge in [0.2, 0.25) is 5.91 Å². The highest BCUT2D eigenvalue weighted by Gasteiger charge is 2.30. The number of β-amino-alcohol motifs (C(OH)–C–C–N with tert-alkyl or cyclic N) is 1. The number of hydrogen-bond donors (Lipinski definition) is 1. The zero-order valence-corrected chi connectivity index (χ0v) is 14.2. The predicted octanol–water partition coefficient (Wildman–Crippen LogP) is 0.748. The summed E-state index contributed by atoms with van der Waals surface area (Å²) in [5.74, 6) is -0.454. The van der Waals surface area contributed by atoms with E-state index in [1.165, 1.54) is 4.90 Å². The van der Waals surface area contributed by atoms with E-state index in [4.69, 9.17) is 0 Å². The van der Waals surface area contributed by atoms with Crippen LogP contribution in [0.5, 0.6) is 0 Å². The smallest absolute Gasteiger partial charge is 0.272 e. The molecule has 1 N–H and O–H groups in total. The molecule has 132 valence electrons. The predicted molar refractivity (Wildman–Crippen MR) is 91.7 cm³/mol. The molecular weight excluding hydrogens is 320 g/mol. The van der Waals surface area contributed by atoms with Crippen LogP contribution in [0, 0.1) is 0 Å². The second-order valence-electron chi connectivity index (χ2n) is 6.13. The van der Waals surface area contributed by atoms with Crippen LogP contribution in [0.25, 0.3) is 0 Å². The Kier molecular flexibility index (Phi) is 5.14. The third-order valence-corrected chi connectivity index (χ3v) is 4.28. The molecule has 0 bridgehead atoms. The van der Waals surface area contributed by atoms with Gasteiger partial charge in [-0.3, -0.25) is 14.3 Å². The second-order valence-corrected chi connectivity index (χ2v) is 6.13. The molecule has 1 saturated heterocycles. The number of aliphatic hydroxyl groups excluding tert-OH is 1. The Hall–Kier alpha value is -2.67. The summed E-state index contributed by atoms with van der Waals surface area (Å²) < 4.78 is 1.59.